The molecule has 5 heteroatoms. The van der Waals surface area contributed by atoms with Crippen LogP contribution in [-0.4, -0.2) is 29.9 Å². The van der Waals surface area contributed by atoms with E-state index in [9.17, 15) is 4.79 Å². The molecule has 2 aliphatic rings. The second-order valence-electron chi connectivity index (χ2n) is 5.13. The van der Waals surface area contributed by atoms with Gasteiger partial charge in [0.2, 0.25) is 0 Å². The number of carbonyl (C=O) groups excluding carboxylic acids is 1. The van der Waals surface area contributed by atoms with E-state index in [1.165, 1.54) is 0 Å². The summed E-state index contributed by atoms with van der Waals surface area (Å²) in [5, 5.41) is 10.9. The molecule has 4 nitrogen and oxygen atoms in total. The average Bonchev–Trinajstić information content (AvgIpc) is 2.69. The van der Waals surface area contributed by atoms with Crippen molar-refractivity contribution in [2.75, 3.05) is 18.0 Å². The number of nitriles is 1. The van der Waals surface area contributed by atoms with E-state index in [2.05, 4.69) is 22.1 Å². The summed E-state index contributed by atoms with van der Waals surface area (Å²) in [6.07, 6.45) is 2.11. The molecule has 98 valence electrons. The van der Waals surface area contributed by atoms with Gasteiger partial charge in [0.05, 0.1) is 24.8 Å². The lowest BCUT2D eigenvalue weighted by Crippen LogP contribution is -2.58. The van der Waals surface area contributed by atoms with Gasteiger partial charge in [-0.15, -0.1) is 0 Å². The molecule has 2 aromatic rings. The summed E-state index contributed by atoms with van der Waals surface area (Å²) in [6.45, 7) is 1.24. The molecule has 0 aromatic heterocycles. The van der Waals surface area contributed by atoms with Crippen molar-refractivity contribution in [2.45, 2.75) is 6.04 Å². The molecule has 1 fully saturated rings. The van der Waals surface area contributed by atoms with Crippen molar-refractivity contribution in [3.8, 4) is 6.19 Å². The van der Waals surface area contributed by atoms with Gasteiger partial charge in [-0.1, -0.05) is 28.1 Å². The summed E-state index contributed by atoms with van der Waals surface area (Å²) in [6, 6.07) is 9.87. The van der Waals surface area contributed by atoms with Crippen molar-refractivity contribution in [3.05, 3.63) is 40.4 Å². The van der Waals surface area contributed by atoms with Crippen molar-refractivity contribution in [1.29, 1.82) is 5.26 Å². The van der Waals surface area contributed by atoms with E-state index in [1.807, 2.05) is 35.2 Å². The van der Waals surface area contributed by atoms with Gasteiger partial charge in [-0.05, 0) is 23.6 Å². The Balaban J connectivity index is 1.87. The van der Waals surface area contributed by atoms with Gasteiger partial charge in [0, 0.05) is 15.4 Å². The van der Waals surface area contributed by atoms with Crippen LogP contribution in [0, 0.1) is 11.5 Å². The average molecular weight is 328 g/mol. The predicted molar refractivity (Wildman–Crippen MR) is 79.4 cm³/mol. The Morgan fingerprint density at radius 3 is 2.80 bits per heavy atom. The van der Waals surface area contributed by atoms with Crippen LogP contribution in [0.15, 0.2) is 34.8 Å². The van der Waals surface area contributed by atoms with Crippen LogP contribution in [0.25, 0.3) is 10.8 Å². The predicted octanol–water partition coefficient (Wildman–Crippen LogP) is 2.73. The van der Waals surface area contributed by atoms with Crippen LogP contribution in [-0.2, 0) is 0 Å². The second kappa shape index (κ2) is 3.97. The van der Waals surface area contributed by atoms with Gasteiger partial charge in [0.1, 0.15) is 0 Å². The Hall–Kier alpha value is -2.06. The first-order valence-corrected chi connectivity index (χ1v) is 7.19. The molecule has 0 bridgehead atoms. The fraction of sp³-hybridized carbons (Fsp3) is 0.200. The van der Waals surface area contributed by atoms with Crippen molar-refractivity contribution >= 4 is 38.3 Å². The first-order chi connectivity index (χ1) is 9.70. The highest BCUT2D eigenvalue weighted by Crippen LogP contribution is 2.42. The molecular formula is C15H10BrN3O. The lowest BCUT2D eigenvalue weighted by Gasteiger charge is -2.41. The zero-order chi connectivity index (χ0) is 13.9. The Kier molecular flexibility index (Phi) is 2.33. The number of nitrogens with zero attached hydrogens (tertiary/aromatic N) is 3. The number of hydrogen-bond donors (Lipinski definition) is 0. The summed E-state index contributed by atoms with van der Waals surface area (Å²) in [5.74, 6) is 0.0475. The molecule has 0 aliphatic carbocycles. The summed E-state index contributed by atoms with van der Waals surface area (Å²) >= 11 is 3.54. The minimum atomic E-state index is 0.0475. The maximum Gasteiger partial charge on any atom is 0.259 e. The fourth-order valence-electron chi connectivity index (χ4n) is 3.03. The zero-order valence-corrected chi connectivity index (χ0v) is 12.1. The molecule has 0 N–H and O–H groups in total. The molecule has 0 atom stereocenters. The maximum absolute atomic E-state index is 12.6. The first kappa shape index (κ1) is 11.7. The summed E-state index contributed by atoms with van der Waals surface area (Å²) in [4.78, 5) is 16.1. The van der Waals surface area contributed by atoms with Crippen LogP contribution in [0.4, 0.5) is 5.69 Å². The second-order valence-corrected chi connectivity index (χ2v) is 5.98. The van der Waals surface area contributed by atoms with Gasteiger partial charge < -0.3 is 9.80 Å². The Morgan fingerprint density at radius 2 is 2.05 bits per heavy atom. The molecule has 2 heterocycles. The van der Waals surface area contributed by atoms with E-state index in [0.717, 1.165) is 26.5 Å². The monoisotopic (exact) mass is 327 g/mol. The van der Waals surface area contributed by atoms with Crippen LogP contribution in [0.5, 0.6) is 0 Å². The molecule has 4 rings (SSSR count). The molecule has 0 spiro atoms. The number of amides is 1. The standard InChI is InChI=1S/C15H10BrN3O/c16-12-4-5-13-14-10(12)2-1-3-11(14)15(20)19(13)9-6-18(7-9)8-17/h1-5,9H,6-7H2. The number of rotatable bonds is 1. The normalized spacial score (nSPS) is 17.5. The van der Waals surface area contributed by atoms with E-state index < -0.39 is 0 Å². The van der Waals surface area contributed by atoms with Gasteiger partial charge in [-0.2, -0.15) is 5.26 Å². The van der Waals surface area contributed by atoms with Crippen molar-refractivity contribution < 1.29 is 4.79 Å². The van der Waals surface area contributed by atoms with Crippen LogP contribution in [0.1, 0.15) is 10.4 Å². The molecule has 1 amide bonds. The Morgan fingerprint density at radius 1 is 1.25 bits per heavy atom. The van der Waals surface area contributed by atoms with Gasteiger partial charge >= 0.3 is 0 Å². The third kappa shape index (κ3) is 1.37. The van der Waals surface area contributed by atoms with E-state index >= 15 is 0 Å². The van der Waals surface area contributed by atoms with Crippen LogP contribution in [0.2, 0.25) is 0 Å². The zero-order valence-electron chi connectivity index (χ0n) is 10.5. The minimum absolute atomic E-state index is 0.0475. The number of anilines is 1. The first-order valence-electron chi connectivity index (χ1n) is 6.40. The molecule has 1 saturated heterocycles. The van der Waals surface area contributed by atoms with E-state index in [1.54, 1.807) is 4.90 Å². The number of hydrogen-bond acceptors (Lipinski definition) is 3. The highest BCUT2D eigenvalue weighted by Gasteiger charge is 2.40. The van der Waals surface area contributed by atoms with Crippen molar-refractivity contribution in [3.63, 3.8) is 0 Å². The molecule has 2 aliphatic heterocycles. The molecule has 0 unspecified atom stereocenters. The largest absolute Gasteiger partial charge is 0.306 e. The number of likely N-dealkylation sites (tertiary alicyclic amines) is 1. The number of halogens is 1. The van der Waals surface area contributed by atoms with E-state index in [4.69, 9.17) is 5.26 Å². The van der Waals surface area contributed by atoms with Gasteiger partial charge in [-0.3, -0.25) is 4.79 Å². The van der Waals surface area contributed by atoms with E-state index in [-0.39, 0.29) is 11.9 Å². The number of benzene rings is 2. The third-order valence-corrected chi connectivity index (χ3v) is 4.73. The Labute approximate surface area is 124 Å². The maximum atomic E-state index is 12.6. The minimum Gasteiger partial charge on any atom is -0.306 e. The smallest absolute Gasteiger partial charge is 0.259 e. The lowest BCUT2D eigenvalue weighted by atomic mass is 10.1. The highest BCUT2D eigenvalue weighted by atomic mass is 79.9. The highest BCUT2D eigenvalue weighted by molar-refractivity contribution is 9.10. The number of carbonyl (C=O) groups is 1. The summed E-state index contributed by atoms with van der Waals surface area (Å²) < 4.78 is 1.00. The van der Waals surface area contributed by atoms with E-state index in [0.29, 0.717) is 13.1 Å². The molecule has 0 saturated carbocycles. The van der Waals surface area contributed by atoms with Crippen molar-refractivity contribution in [2.24, 2.45) is 0 Å². The van der Waals surface area contributed by atoms with Crippen LogP contribution >= 0.6 is 15.9 Å². The van der Waals surface area contributed by atoms with Gasteiger partial charge in [0.15, 0.2) is 6.19 Å². The fourth-order valence-corrected chi connectivity index (χ4v) is 3.50. The van der Waals surface area contributed by atoms with Gasteiger partial charge in [0.25, 0.3) is 5.91 Å². The topological polar surface area (TPSA) is 47.3 Å². The lowest BCUT2D eigenvalue weighted by molar-refractivity contribution is 0.0951. The van der Waals surface area contributed by atoms with Crippen LogP contribution < -0.4 is 4.90 Å². The SMILES string of the molecule is N#CN1CC(N2C(=O)c3cccc4c(Br)ccc2c34)C1. The van der Waals surface area contributed by atoms with Crippen LogP contribution in [0.3, 0.4) is 0 Å². The molecule has 2 aromatic carbocycles. The van der Waals surface area contributed by atoms with Crippen molar-refractivity contribution in [1.82, 2.24) is 4.90 Å². The third-order valence-electron chi connectivity index (χ3n) is 4.04. The molecule has 20 heavy (non-hydrogen) atoms. The Bertz CT molecular complexity index is 790. The summed E-state index contributed by atoms with van der Waals surface area (Å²) in [7, 11) is 0. The molecular weight excluding hydrogens is 318 g/mol. The molecule has 0 radical (unpaired) electrons. The quantitative estimate of drug-likeness (QED) is 0.756. The van der Waals surface area contributed by atoms with Gasteiger partial charge in [-0.25, -0.2) is 0 Å². The summed E-state index contributed by atoms with van der Waals surface area (Å²) in [5.41, 5.74) is 1.72.